The number of carbonyl (C=O) groups excluding carboxylic acids is 2. The lowest BCUT2D eigenvalue weighted by Crippen LogP contribution is -2.39. The Hall–Kier alpha value is -2.71. The lowest BCUT2D eigenvalue weighted by Gasteiger charge is -2.30. The first-order valence-electron chi connectivity index (χ1n) is 11.1. The van der Waals surface area contributed by atoms with Crippen LogP contribution >= 0.6 is 0 Å². The number of rotatable bonds is 8. The zero-order valence-corrected chi connectivity index (χ0v) is 19.5. The molecule has 1 aliphatic rings. The van der Waals surface area contributed by atoms with Gasteiger partial charge >= 0.3 is 0 Å². The van der Waals surface area contributed by atoms with Gasteiger partial charge in [0.2, 0.25) is 15.9 Å². The van der Waals surface area contributed by atoms with Crippen LogP contribution in [0.25, 0.3) is 0 Å². The van der Waals surface area contributed by atoms with Gasteiger partial charge in [-0.05, 0) is 73.7 Å². The highest BCUT2D eigenvalue weighted by Crippen LogP contribution is 2.24. The highest BCUT2D eigenvalue weighted by Gasteiger charge is 2.28. The predicted molar refractivity (Wildman–Crippen MR) is 126 cm³/mol. The minimum Gasteiger partial charge on any atom is -0.326 e. The van der Waals surface area contributed by atoms with E-state index in [-0.39, 0.29) is 16.7 Å². The normalized spacial score (nSPS) is 17.0. The lowest BCUT2D eigenvalue weighted by atomic mass is 10.0. The molecule has 32 heavy (non-hydrogen) atoms. The number of amides is 2. The van der Waals surface area contributed by atoms with Crippen LogP contribution in [0.15, 0.2) is 53.4 Å². The van der Waals surface area contributed by atoms with Crippen LogP contribution < -0.4 is 10.6 Å². The number of anilines is 2. The zero-order chi connectivity index (χ0) is 23.1. The van der Waals surface area contributed by atoms with Gasteiger partial charge in [0.1, 0.15) is 0 Å². The first-order chi connectivity index (χ1) is 15.3. The molecule has 0 radical (unpaired) electrons. The third-order valence-electron chi connectivity index (χ3n) is 5.56. The summed E-state index contributed by atoms with van der Waals surface area (Å²) in [6.07, 6.45) is 4.18. The molecule has 1 unspecified atom stereocenters. The average Bonchev–Trinajstić information content (AvgIpc) is 2.78. The Kier molecular flexibility index (Phi) is 8.04. The first kappa shape index (κ1) is 23.9. The zero-order valence-electron chi connectivity index (χ0n) is 18.6. The van der Waals surface area contributed by atoms with Crippen LogP contribution in [0.5, 0.6) is 0 Å². The molecule has 0 aromatic heterocycles. The Balaban J connectivity index is 1.60. The van der Waals surface area contributed by atoms with Crippen LogP contribution in [0, 0.1) is 5.92 Å². The molecule has 2 amide bonds. The van der Waals surface area contributed by atoms with Gasteiger partial charge in [-0.25, -0.2) is 8.42 Å². The van der Waals surface area contributed by atoms with Crippen LogP contribution in [0.1, 0.15) is 56.3 Å². The number of benzene rings is 2. The van der Waals surface area contributed by atoms with E-state index in [1.807, 2.05) is 6.92 Å². The smallest absolute Gasteiger partial charge is 0.255 e. The summed E-state index contributed by atoms with van der Waals surface area (Å²) in [5.41, 5.74) is 1.60. The van der Waals surface area contributed by atoms with Crippen molar-refractivity contribution in [2.45, 2.75) is 50.8 Å². The minimum atomic E-state index is -3.53. The van der Waals surface area contributed by atoms with Crippen molar-refractivity contribution in [1.82, 2.24) is 4.31 Å². The highest BCUT2D eigenvalue weighted by atomic mass is 32.2. The fourth-order valence-electron chi connectivity index (χ4n) is 3.69. The SMILES string of the molecule is CCCCC(=O)Nc1ccc(C(=O)Nc2ccc(S(=O)(=O)N3CCCC(C)C3)cc2)cc1. The van der Waals surface area contributed by atoms with Crippen molar-refractivity contribution >= 4 is 33.2 Å². The maximum Gasteiger partial charge on any atom is 0.255 e. The Morgan fingerprint density at radius 2 is 1.62 bits per heavy atom. The van der Waals surface area contributed by atoms with E-state index in [0.717, 1.165) is 25.7 Å². The van der Waals surface area contributed by atoms with Gasteiger partial charge in [0, 0.05) is 36.4 Å². The van der Waals surface area contributed by atoms with Crippen molar-refractivity contribution in [3.63, 3.8) is 0 Å². The van der Waals surface area contributed by atoms with Crippen molar-refractivity contribution in [3.05, 3.63) is 54.1 Å². The largest absolute Gasteiger partial charge is 0.326 e. The van der Waals surface area contributed by atoms with E-state index in [1.165, 1.54) is 16.4 Å². The molecule has 1 saturated heterocycles. The molecule has 1 heterocycles. The van der Waals surface area contributed by atoms with Gasteiger partial charge in [-0.2, -0.15) is 4.31 Å². The lowest BCUT2D eigenvalue weighted by molar-refractivity contribution is -0.116. The number of nitrogens with zero attached hydrogens (tertiary/aromatic N) is 1. The molecule has 0 bridgehead atoms. The minimum absolute atomic E-state index is 0.0434. The molecule has 2 N–H and O–H groups in total. The van der Waals surface area contributed by atoms with E-state index in [0.29, 0.717) is 42.4 Å². The van der Waals surface area contributed by atoms with Gasteiger partial charge in [-0.15, -0.1) is 0 Å². The van der Waals surface area contributed by atoms with E-state index in [4.69, 9.17) is 0 Å². The maximum atomic E-state index is 12.9. The second-order valence-electron chi connectivity index (χ2n) is 8.32. The van der Waals surface area contributed by atoms with E-state index < -0.39 is 10.0 Å². The topological polar surface area (TPSA) is 95.6 Å². The third kappa shape index (κ3) is 6.17. The van der Waals surface area contributed by atoms with Crippen LogP contribution in [-0.2, 0) is 14.8 Å². The second-order valence-corrected chi connectivity index (χ2v) is 10.3. The number of nitrogens with one attached hydrogen (secondary N) is 2. The van der Waals surface area contributed by atoms with Crippen LogP contribution in [-0.4, -0.2) is 37.6 Å². The molecule has 2 aromatic rings. The van der Waals surface area contributed by atoms with Gasteiger partial charge in [-0.3, -0.25) is 9.59 Å². The maximum absolute atomic E-state index is 12.9. The molecule has 8 heteroatoms. The van der Waals surface area contributed by atoms with E-state index >= 15 is 0 Å². The molecule has 1 aliphatic heterocycles. The Morgan fingerprint density at radius 1 is 1.00 bits per heavy atom. The summed E-state index contributed by atoms with van der Waals surface area (Å²) in [6, 6.07) is 12.9. The van der Waals surface area contributed by atoms with E-state index in [2.05, 4.69) is 17.6 Å². The van der Waals surface area contributed by atoms with Crippen molar-refractivity contribution in [1.29, 1.82) is 0 Å². The molecular formula is C24H31N3O4S. The Labute approximate surface area is 190 Å². The molecule has 7 nitrogen and oxygen atoms in total. The first-order valence-corrected chi connectivity index (χ1v) is 12.5. The highest BCUT2D eigenvalue weighted by molar-refractivity contribution is 7.89. The third-order valence-corrected chi connectivity index (χ3v) is 7.44. The summed E-state index contributed by atoms with van der Waals surface area (Å²) in [6.45, 7) is 5.17. The number of hydrogen-bond acceptors (Lipinski definition) is 4. The van der Waals surface area contributed by atoms with Gasteiger partial charge in [0.25, 0.3) is 5.91 Å². The Morgan fingerprint density at radius 3 is 2.25 bits per heavy atom. The molecule has 1 fully saturated rings. The fourth-order valence-corrected chi connectivity index (χ4v) is 5.29. The summed E-state index contributed by atoms with van der Waals surface area (Å²) in [4.78, 5) is 24.6. The molecule has 1 atom stereocenters. The summed E-state index contributed by atoms with van der Waals surface area (Å²) in [5, 5.41) is 5.59. The molecular weight excluding hydrogens is 426 g/mol. The number of unbranched alkanes of at least 4 members (excludes halogenated alkanes) is 1. The second kappa shape index (κ2) is 10.7. The monoisotopic (exact) mass is 457 g/mol. The van der Waals surface area contributed by atoms with Crippen LogP contribution in [0.2, 0.25) is 0 Å². The molecule has 0 saturated carbocycles. The average molecular weight is 458 g/mol. The summed E-state index contributed by atoms with van der Waals surface area (Å²) in [5.74, 6) is 0.000520. The van der Waals surface area contributed by atoms with Gasteiger partial charge < -0.3 is 10.6 Å². The molecule has 2 aromatic carbocycles. The molecule has 0 aliphatic carbocycles. The van der Waals surface area contributed by atoms with Gasteiger partial charge in [0.05, 0.1) is 4.90 Å². The standard InChI is InChI=1S/C24H31N3O4S/c1-3-4-7-23(28)25-20-10-8-19(9-11-20)24(29)26-21-12-14-22(15-13-21)32(30,31)27-16-5-6-18(2)17-27/h8-15,18H,3-7,16-17H2,1-2H3,(H,25,28)(H,26,29). The van der Waals surface area contributed by atoms with Gasteiger partial charge in [-0.1, -0.05) is 20.3 Å². The number of piperidine rings is 1. The summed E-state index contributed by atoms with van der Waals surface area (Å²) in [7, 11) is -3.53. The van der Waals surface area contributed by atoms with Crippen molar-refractivity contribution in [2.75, 3.05) is 23.7 Å². The number of sulfonamides is 1. The van der Waals surface area contributed by atoms with Gasteiger partial charge in [0.15, 0.2) is 0 Å². The fraction of sp³-hybridized carbons (Fsp3) is 0.417. The van der Waals surface area contributed by atoms with E-state index in [1.54, 1.807) is 36.4 Å². The predicted octanol–water partition coefficient (Wildman–Crippen LogP) is 4.49. The quantitative estimate of drug-likeness (QED) is 0.611. The van der Waals surface area contributed by atoms with Crippen molar-refractivity contribution in [2.24, 2.45) is 5.92 Å². The van der Waals surface area contributed by atoms with Crippen LogP contribution in [0.4, 0.5) is 11.4 Å². The van der Waals surface area contributed by atoms with Crippen molar-refractivity contribution < 1.29 is 18.0 Å². The summed E-state index contributed by atoms with van der Waals surface area (Å²) < 4.78 is 27.3. The molecule has 0 spiro atoms. The Bertz CT molecular complexity index is 1030. The van der Waals surface area contributed by atoms with E-state index in [9.17, 15) is 18.0 Å². The van der Waals surface area contributed by atoms with Crippen molar-refractivity contribution in [3.8, 4) is 0 Å². The van der Waals surface area contributed by atoms with Crippen LogP contribution in [0.3, 0.4) is 0 Å². The summed E-state index contributed by atoms with van der Waals surface area (Å²) >= 11 is 0. The molecule has 3 rings (SSSR count). The number of carbonyl (C=O) groups is 2. The molecule has 172 valence electrons. The number of hydrogen-bond donors (Lipinski definition) is 2.